The molecule has 0 atom stereocenters. The second-order valence-corrected chi connectivity index (χ2v) is 5.52. The van der Waals surface area contributed by atoms with Crippen molar-refractivity contribution in [3.8, 4) is 0 Å². The Labute approximate surface area is 101 Å². The highest BCUT2D eigenvalue weighted by atomic mass is 32.2. The van der Waals surface area contributed by atoms with Gasteiger partial charge in [-0.25, -0.2) is 0 Å². The third kappa shape index (κ3) is 3.40. The van der Waals surface area contributed by atoms with Gasteiger partial charge in [-0.15, -0.1) is 0 Å². The van der Waals surface area contributed by atoms with Crippen LogP contribution in [0.25, 0.3) is 0 Å². The number of rotatable bonds is 5. The first kappa shape index (κ1) is 13.4. The third-order valence-corrected chi connectivity index (χ3v) is 3.77. The SMILES string of the molecule is CCC(C)(C)C(=O)OCCN1CCSC1=O. The van der Waals surface area contributed by atoms with Crippen molar-refractivity contribution in [1.29, 1.82) is 0 Å². The minimum absolute atomic E-state index is 0.0887. The Kier molecular flexibility index (Phi) is 4.65. The van der Waals surface area contributed by atoms with E-state index in [9.17, 15) is 9.59 Å². The molecule has 0 aromatic heterocycles. The second kappa shape index (κ2) is 5.57. The Hall–Kier alpha value is -0.710. The van der Waals surface area contributed by atoms with E-state index in [1.54, 1.807) is 4.90 Å². The zero-order valence-electron chi connectivity index (χ0n) is 10.1. The topological polar surface area (TPSA) is 46.6 Å². The smallest absolute Gasteiger partial charge is 0.311 e. The minimum atomic E-state index is -0.427. The number of carbonyl (C=O) groups excluding carboxylic acids is 2. The minimum Gasteiger partial charge on any atom is -0.463 e. The van der Waals surface area contributed by atoms with Gasteiger partial charge >= 0.3 is 5.97 Å². The molecular formula is C11H19NO3S. The molecule has 0 radical (unpaired) electrons. The first-order valence-electron chi connectivity index (χ1n) is 5.56. The van der Waals surface area contributed by atoms with E-state index in [-0.39, 0.29) is 11.2 Å². The number of ether oxygens (including phenoxy) is 1. The van der Waals surface area contributed by atoms with Crippen LogP contribution in [0.2, 0.25) is 0 Å². The molecule has 1 saturated heterocycles. The van der Waals surface area contributed by atoms with Crippen molar-refractivity contribution < 1.29 is 14.3 Å². The summed E-state index contributed by atoms with van der Waals surface area (Å²) >= 11 is 1.32. The zero-order chi connectivity index (χ0) is 12.2. The maximum absolute atomic E-state index is 11.6. The van der Waals surface area contributed by atoms with Crippen molar-refractivity contribution in [2.24, 2.45) is 5.41 Å². The Morgan fingerprint density at radius 2 is 2.25 bits per heavy atom. The number of esters is 1. The van der Waals surface area contributed by atoms with E-state index >= 15 is 0 Å². The van der Waals surface area contributed by atoms with Crippen molar-refractivity contribution >= 4 is 23.0 Å². The van der Waals surface area contributed by atoms with Gasteiger partial charge in [0.2, 0.25) is 0 Å². The summed E-state index contributed by atoms with van der Waals surface area (Å²) in [5, 5.41) is 0.0887. The van der Waals surface area contributed by atoms with Gasteiger partial charge < -0.3 is 9.64 Å². The molecule has 0 aliphatic carbocycles. The predicted octanol–water partition coefficient (Wildman–Crippen LogP) is 2.13. The van der Waals surface area contributed by atoms with Gasteiger partial charge in [0.25, 0.3) is 5.24 Å². The average Bonchev–Trinajstić information content (AvgIpc) is 2.64. The molecule has 0 aromatic carbocycles. The van der Waals surface area contributed by atoms with Crippen molar-refractivity contribution in [2.75, 3.05) is 25.4 Å². The normalized spacial score (nSPS) is 16.7. The van der Waals surface area contributed by atoms with Crippen LogP contribution >= 0.6 is 11.8 Å². The lowest BCUT2D eigenvalue weighted by atomic mass is 9.91. The lowest BCUT2D eigenvalue weighted by molar-refractivity contribution is -0.154. The number of hydrogen-bond donors (Lipinski definition) is 0. The van der Waals surface area contributed by atoms with Gasteiger partial charge in [-0.2, -0.15) is 0 Å². The van der Waals surface area contributed by atoms with E-state index in [2.05, 4.69) is 0 Å². The van der Waals surface area contributed by atoms with Crippen LogP contribution in [0.4, 0.5) is 4.79 Å². The highest BCUT2D eigenvalue weighted by Crippen LogP contribution is 2.21. The molecule has 1 fully saturated rings. The van der Waals surface area contributed by atoms with Gasteiger partial charge in [0.05, 0.1) is 12.0 Å². The fraction of sp³-hybridized carbons (Fsp3) is 0.818. The van der Waals surface area contributed by atoms with Crippen LogP contribution in [-0.4, -0.2) is 41.6 Å². The van der Waals surface area contributed by atoms with Gasteiger partial charge in [0.1, 0.15) is 6.61 Å². The molecule has 1 aliphatic rings. The second-order valence-electron chi connectivity index (χ2n) is 4.47. The Morgan fingerprint density at radius 3 is 2.75 bits per heavy atom. The third-order valence-electron chi connectivity index (χ3n) is 2.88. The molecule has 92 valence electrons. The summed E-state index contributed by atoms with van der Waals surface area (Å²) in [6.07, 6.45) is 0.754. The van der Waals surface area contributed by atoms with Crippen molar-refractivity contribution in [3.05, 3.63) is 0 Å². The summed E-state index contributed by atoms with van der Waals surface area (Å²) in [4.78, 5) is 24.6. The molecule has 0 unspecified atom stereocenters. The molecular weight excluding hydrogens is 226 g/mol. The summed E-state index contributed by atoms with van der Waals surface area (Å²) in [7, 11) is 0. The van der Waals surface area contributed by atoms with Crippen LogP contribution in [0, 0.1) is 5.41 Å². The molecule has 1 amide bonds. The highest BCUT2D eigenvalue weighted by molar-refractivity contribution is 8.13. The predicted molar refractivity (Wildman–Crippen MR) is 64.5 cm³/mol. The maximum Gasteiger partial charge on any atom is 0.311 e. The van der Waals surface area contributed by atoms with Gasteiger partial charge in [0, 0.05) is 12.3 Å². The van der Waals surface area contributed by atoms with E-state index in [1.807, 2.05) is 20.8 Å². The van der Waals surface area contributed by atoms with E-state index in [0.29, 0.717) is 13.2 Å². The molecule has 1 heterocycles. The van der Waals surface area contributed by atoms with Crippen LogP contribution in [-0.2, 0) is 9.53 Å². The summed E-state index contributed by atoms with van der Waals surface area (Å²) in [6.45, 7) is 7.27. The van der Waals surface area contributed by atoms with Crippen LogP contribution in [0.5, 0.6) is 0 Å². The van der Waals surface area contributed by atoms with Gasteiger partial charge in [-0.05, 0) is 20.3 Å². The van der Waals surface area contributed by atoms with Crippen LogP contribution in [0.1, 0.15) is 27.2 Å². The summed E-state index contributed by atoms with van der Waals surface area (Å²) in [5.74, 6) is 0.655. The fourth-order valence-corrected chi connectivity index (χ4v) is 2.07. The molecule has 5 heteroatoms. The first-order chi connectivity index (χ1) is 7.47. The molecule has 1 rings (SSSR count). The van der Waals surface area contributed by atoms with Crippen LogP contribution < -0.4 is 0 Å². The molecule has 4 nitrogen and oxygen atoms in total. The number of thioether (sulfide) groups is 1. The number of amides is 1. The molecule has 1 aliphatic heterocycles. The van der Waals surface area contributed by atoms with E-state index in [1.165, 1.54) is 11.8 Å². The average molecular weight is 245 g/mol. The number of carbonyl (C=O) groups is 2. The summed E-state index contributed by atoms with van der Waals surface area (Å²) in [5.41, 5.74) is -0.427. The molecule has 16 heavy (non-hydrogen) atoms. The van der Waals surface area contributed by atoms with Gasteiger partial charge in [0.15, 0.2) is 0 Å². The lowest BCUT2D eigenvalue weighted by Gasteiger charge is -2.21. The van der Waals surface area contributed by atoms with Crippen LogP contribution in [0.3, 0.4) is 0 Å². The van der Waals surface area contributed by atoms with Gasteiger partial charge in [-0.3, -0.25) is 9.59 Å². The number of nitrogens with zero attached hydrogens (tertiary/aromatic N) is 1. The van der Waals surface area contributed by atoms with Crippen LogP contribution in [0.15, 0.2) is 0 Å². The Balaban J connectivity index is 2.25. The molecule has 0 spiro atoms. The van der Waals surface area contributed by atoms with E-state index in [4.69, 9.17) is 4.74 Å². The lowest BCUT2D eigenvalue weighted by Crippen LogP contribution is -2.31. The standard InChI is InChI=1S/C11H19NO3S/c1-4-11(2,3)9(13)15-7-5-12-6-8-16-10(12)14/h4-8H2,1-3H3. The first-order valence-corrected chi connectivity index (χ1v) is 6.55. The summed E-state index contributed by atoms with van der Waals surface area (Å²) < 4.78 is 5.17. The van der Waals surface area contributed by atoms with E-state index < -0.39 is 5.41 Å². The fourth-order valence-electron chi connectivity index (χ4n) is 1.22. The van der Waals surface area contributed by atoms with Crippen molar-refractivity contribution in [2.45, 2.75) is 27.2 Å². The Morgan fingerprint density at radius 1 is 1.56 bits per heavy atom. The molecule has 0 aromatic rings. The number of hydrogen-bond acceptors (Lipinski definition) is 4. The zero-order valence-corrected chi connectivity index (χ0v) is 10.9. The monoisotopic (exact) mass is 245 g/mol. The molecule has 0 N–H and O–H groups in total. The largest absolute Gasteiger partial charge is 0.463 e. The van der Waals surface area contributed by atoms with Crippen molar-refractivity contribution in [3.63, 3.8) is 0 Å². The quantitative estimate of drug-likeness (QED) is 0.696. The molecule has 0 bridgehead atoms. The maximum atomic E-state index is 11.6. The van der Waals surface area contributed by atoms with E-state index in [0.717, 1.165) is 18.7 Å². The van der Waals surface area contributed by atoms with Crippen molar-refractivity contribution in [1.82, 2.24) is 4.90 Å². The summed E-state index contributed by atoms with van der Waals surface area (Å²) in [6, 6.07) is 0. The highest BCUT2D eigenvalue weighted by Gasteiger charge is 2.27. The van der Waals surface area contributed by atoms with Gasteiger partial charge in [-0.1, -0.05) is 18.7 Å². The molecule has 0 saturated carbocycles. The Bertz CT molecular complexity index is 278.